The topological polar surface area (TPSA) is 46.2 Å². The number of piperidine rings is 1. The quantitative estimate of drug-likeness (QED) is 0.883. The molecular weight excluding hydrogens is 298 g/mol. The lowest BCUT2D eigenvalue weighted by atomic mass is 10.0. The van der Waals surface area contributed by atoms with Gasteiger partial charge in [-0.1, -0.05) is 12.5 Å². The first-order valence-electron chi connectivity index (χ1n) is 7.77. The van der Waals surface area contributed by atoms with Crippen molar-refractivity contribution in [3.8, 4) is 5.75 Å². The Morgan fingerprint density at radius 1 is 1.36 bits per heavy atom. The zero-order valence-electron chi connectivity index (χ0n) is 13.0. The third kappa shape index (κ3) is 4.02. The second-order valence-electron chi connectivity index (χ2n) is 5.61. The first kappa shape index (κ1) is 16.8. The van der Waals surface area contributed by atoms with Gasteiger partial charge in [0.15, 0.2) is 0 Å². The smallest absolute Gasteiger partial charge is 0.121 e. The van der Waals surface area contributed by atoms with Gasteiger partial charge in [-0.3, -0.25) is 4.98 Å². The summed E-state index contributed by atoms with van der Waals surface area (Å²) in [6.45, 7) is 2.12. The Labute approximate surface area is 138 Å². The van der Waals surface area contributed by atoms with Gasteiger partial charge in [0.05, 0.1) is 18.3 Å². The molecule has 1 fully saturated rings. The van der Waals surface area contributed by atoms with Gasteiger partial charge in [-0.2, -0.15) is 0 Å². The van der Waals surface area contributed by atoms with Crippen LogP contribution in [0.2, 0.25) is 0 Å². The van der Waals surface area contributed by atoms with Crippen LogP contribution in [0.25, 0.3) is 10.9 Å². The Bertz CT molecular complexity index is 599. The molecule has 0 aliphatic carbocycles. The minimum Gasteiger partial charge on any atom is -0.497 e. The summed E-state index contributed by atoms with van der Waals surface area (Å²) in [7, 11) is 1.70. The molecule has 2 heterocycles. The monoisotopic (exact) mass is 321 g/mol. The van der Waals surface area contributed by atoms with E-state index in [4.69, 9.17) is 4.74 Å². The number of hydrogen-bond donors (Lipinski definition) is 2. The van der Waals surface area contributed by atoms with Crippen molar-refractivity contribution in [3.63, 3.8) is 0 Å². The number of nitrogens with one attached hydrogen (secondary N) is 2. The number of anilines is 1. The minimum atomic E-state index is 0. The Morgan fingerprint density at radius 3 is 3.05 bits per heavy atom. The van der Waals surface area contributed by atoms with E-state index in [9.17, 15) is 0 Å². The van der Waals surface area contributed by atoms with Crippen molar-refractivity contribution in [2.75, 3.05) is 25.5 Å². The highest BCUT2D eigenvalue weighted by Gasteiger charge is 2.12. The number of aromatic nitrogens is 1. The molecule has 1 atom stereocenters. The van der Waals surface area contributed by atoms with Gasteiger partial charge < -0.3 is 15.4 Å². The summed E-state index contributed by atoms with van der Waals surface area (Å²) in [5.41, 5.74) is 2.07. The SMILES string of the molecule is COc1cc(NCCC2CCCCN2)c2ncccc2c1.Cl. The molecule has 0 radical (unpaired) electrons. The van der Waals surface area contributed by atoms with E-state index in [1.807, 2.05) is 24.4 Å². The summed E-state index contributed by atoms with van der Waals surface area (Å²) in [5, 5.41) is 8.22. The highest BCUT2D eigenvalue weighted by Crippen LogP contribution is 2.27. The average Bonchev–Trinajstić information content (AvgIpc) is 2.55. The average molecular weight is 322 g/mol. The fourth-order valence-corrected chi connectivity index (χ4v) is 2.97. The number of hydrogen-bond acceptors (Lipinski definition) is 4. The van der Waals surface area contributed by atoms with Gasteiger partial charge in [-0.25, -0.2) is 0 Å². The van der Waals surface area contributed by atoms with Crippen LogP contribution in [0, 0.1) is 0 Å². The molecule has 5 heteroatoms. The van der Waals surface area contributed by atoms with Crippen molar-refractivity contribution < 1.29 is 4.74 Å². The number of halogens is 1. The molecule has 1 aliphatic rings. The van der Waals surface area contributed by atoms with Crippen LogP contribution < -0.4 is 15.4 Å². The Hall–Kier alpha value is -1.52. The summed E-state index contributed by atoms with van der Waals surface area (Å²) < 4.78 is 5.38. The molecule has 120 valence electrons. The number of fused-ring (bicyclic) bond motifs is 1. The van der Waals surface area contributed by atoms with Crippen LogP contribution in [0.3, 0.4) is 0 Å². The van der Waals surface area contributed by atoms with Crippen LogP contribution in [-0.2, 0) is 0 Å². The molecule has 4 nitrogen and oxygen atoms in total. The lowest BCUT2D eigenvalue weighted by Crippen LogP contribution is -2.35. The van der Waals surface area contributed by atoms with Crippen molar-refractivity contribution in [1.82, 2.24) is 10.3 Å². The Balaban J connectivity index is 0.00000176. The van der Waals surface area contributed by atoms with Gasteiger partial charge in [-0.05, 0) is 37.9 Å². The maximum Gasteiger partial charge on any atom is 0.121 e. The van der Waals surface area contributed by atoms with E-state index >= 15 is 0 Å². The molecule has 0 saturated carbocycles. The van der Waals surface area contributed by atoms with Gasteiger partial charge in [0, 0.05) is 30.2 Å². The normalized spacial score (nSPS) is 17.8. The second kappa shape index (κ2) is 8.20. The van der Waals surface area contributed by atoms with Crippen LogP contribution in [0.15, 0.2) is 30.5 Å². The molecule has 2 aromatic rings. The van der Waals surface area contributed by atoms with E-state index in [0.717, 1.165) is 41.9 Å². The number of nitrogens with zero attached hydrogens (tertiary/aromatic N) is 1. The fourth-order valence-electron chi connectivity index (χ4n) is 2.97. The molecule has 2 N–H and O–H groups in total. The fraction of sp³-hybridized carbons (Fsp3) is 0.471. The van der Waals surface area contributed by atoms with E-state index in [1.165, 1.54) is 19.3 Å². The molecule has 22 heavy (non-hydrogen) atoms. The highest BCUT2D eigenvalue weighted by atomic mass is 35.5. The summed E-state index contributed by atoms with van der Waals surface area (Å²) in [4.78, 5) is 4.49. The van der Waals surface area contributed by atoms with E-state index < -0.39 is 0 Å². The van der Waals surface area contributed by atoms with Crippen LogP contribution in [-0.4, -0.2) is 31.2 Å². The molecule has 1 aromatic carbocycles. The molecule has 1 aliphatic heterocycles. The lowest BCUT2D eigenvalue weighted by Gasteiger charge is -2.23. The van der Waals surface area contributed by atoms with Crippen LogP contribution in [0.1, 0.15) is 25.7 Å². The third-order valence-corrected chi connectivity index (χ3v) is 4.13. The van der Waals surface area contributed by atoms with E-state index in [2.05, 4.69) is 21.7 Å². The van der Waals surface area contributed by atoms with Crippen LogP contribution >= 0.6 is 12.4 Å². The van der Waals surface area contributed by atoms with E-state index in [1.54, 1.807) is 7.11 Å². The van der Waals surface area contributed by atoms with Crippen LogP contribution in [0.5, 0.6) is 5.75 Å². The Morgan fingerprint density at radius 2 is 2.27 bits per heavy atom. The number of pyridine rings is 1. The second-order valence-corrected chi connectivity index (χ2v) is 5.61. The zero-order valence-corrected chi connectivity index (χ0v) is 13.8. The molecule has 3 rings (SSSR count). The van der Waals surface area contributed by atoms with Gasteiger partial charge in [0.25, 0.3) is 0 Å². The third-order valence-electron chi connectivity index (χ3n) is 4.13. The lowest BCUT2D eigenvalue weighted by molar-refractivity contribution is 0.389. The van der Waals surface area contributed by atoms with Gasteiger partial charge in [0.1, 0.15) is 5.75 Å². The largest absolute Gasteiger partial charge is 0.497 e. The predicted octanol–water partition coefficient (Wildman–Crippen LogP) is 3.61. The van der Waals surface area contributed by atoms with Crippen molar-refractivity contribution in [1.29, 1.82) is 0 Å². The predicted molar refractivity (Wildman–Crippen MR) is 94.3 cm³/mol. The number of methoxy groups -OCH3 is 1. The molecule has 0 bridgehead atoms. The first-order chi connectivity index (χ1) is 10.4. The van der Waals surface area contributed by atoms with Crippen molar-refractivity contribution in [3.05, 3.63) is 30.5 Å². The maximum absolute atomic E-state index is 5.38. The Kier molecular flexibility index (Phi) is 6.28. The standard InChI is InChI=1S/C17H23N3O.ClH/c1-21-15-11-13-5-4-9-20-17(13)16(12-15)19-10-7-14-6-2-3-8-18-14;/h4-5,9,11-12,14,18-19H,2-3,6-8,10H2,1H3;1H. The van der Waals surface area contributed by atoms with Gasteiger partial charge >= 0.3 is 0 Å². The van der Waals surface area contributed by atoms with E-state index in [0.29, 0.717) is 6.04 Å². The summed E-state index contributed by atoms with van der Waals surface area (Å²) >= 11 is 0. The summed E-state index contributed by atoms with van der Waals surface area (Å²) in [6.07, 6.45) is 6.93. The molecule has 0 amide bonds. The van der Waals surface area contributed by atoms with Crippen molar-refractivity contribution in [2.45, 2.75) is 31.7 Å². The van der Waals surface area contributed by atoms with Crippen LogP contribution in [0.4, 0.5) is 5.69 Å². The minimum absolute atomic E-state index is 0. The first-order valence-corrected chi connectivity index (χ1v) is 7.77. The van der Waals surface area contributed by atoms with E-state index in [-0.39, 0.29) is 12.4 Å². The molecule has 1 saturated heterocycles. The molecular formula is C17H24ClN3O. The van der Waals surface area contributed by atoms with Crippen molar-refractivity contribution >= 4 is 29.0 Å². The van der Waals surface area contributed by atoms with Gasteiger partial charge in [-0.15, -0.1) is 12.4 Å². The molecule has 0 spiro atoms. The molecule has 1 unspecified atom stereocenters. The van der Waals surface area contributed by atoms with Gasteiger partial charge in [0.2, 0.25) is 0 Å². The highest BCUT2D eigenvalue weighted by molar-refractivity contribution is 5.91. The maximum atomic E-state index is 5.38. The number of benzene rings is 1. The summed E-state index contributed by atoms with van der Waals surface area (Å²) in [6, 6.07) is 8.73. The number of rotatable bonds is 5. The van der Waals surface area contributed by atoms with Crippen molar-refractivity contribution in [2.24, 2.45) is 0 Å². The number of ether oxygens (including phenoxy) is 1. The molecule has 1 aromatic heterocycles. The summed E-state index contributed by atoms with van der Waals surface area (Å²) in [5.74, 6) is 0.869. The zero-order chi connectivity index (χ0) is 14.5.